The molecule has 0 radical (unpaired) electrons. The average Bonchev–Trinajstić information content (AvgIpc) is 2.87. The van der Waals surface area contributed by atoms with Crippen molar-refractivity contribution >= 4 is 5.78 Å². The number of nitrogens with one attached hydrogen (secondary N) is 1. The molecule has 1 aliphatic carbocycles. The van der Waals surface area contributed by atoms with E-state index in [9.17, 15) is 4.79 Å². The molecule has 2 atom stereocenters. The molecule has 0 aromatic rings. The quantitative estimate of drug-likeness (QED) is 0.819. The number of carbonyl (C=O) groups excluding carboxylic acids is 1. The number of ketones is 1. The summed E-state index contributed by atoms with van der Waals surface area (Å²) in [5.74, 6) is 0.733. The van der Waals surface area contributed by atoms with E-state index in [2.05, 4.69) is 5.32 Å². The molecule has 3 nitrogen and oxygen atoms in total. The Balaban J connectivity index is 1.62. The maximum atomic E-state index is 12.6. The lowest BCUT2D eigenvalue weighted by Gasteiger charge is -2.39. The summed E-state index contributed by atoms with van der Waals surface area (Å²) < 4.78 is 6.02. The standard InChI is InChI=1S/C15H25NO2/c17-14(13-5-1-4-9-16-13)12-6-10-18-15(11-12)7-2-3-8-15/h12-13,16H,1-11H2. The second-order valence-corrected chi connectivity index (χ2v) is 6.33. The van der Waals surface area contributed by atoms with Gasteiger partial charge in [0.1, 0.15) is 0 Å². The fourth-order valence-electron chi connectivity index (χ4n) is 4.02. The average molecular weight is 251 g/mol. The summed E-state index contributed by atoms with van der Waals surface area (Å²) in [6.45, 7) is 1.81. The zero-order valence-corrected chi connectivity index (χ0v) is 11.2. The largest absolute Gasteiger partial charge is 0.375 e. The van der Waals surface area contributed by atoms with Crippen LogP contribution in [0.1, 0.15) is 57.8 Å². The lowest BCUT2D eigenvalue weighted by Crippen LogP contribution is -2.47. The molecule has 0 bridgehead atoms. The highest BCUT2D eigenvalue weighted by Crippen LogP contribution is 2.42. The highest BCUT2D eigenvalue weighted by molar-refractivity contribution is 5.86. The molecule has 3 rings (SSSR count). The van der Waals surface area contributed by atoms with E-state index in [1.165, 1.54) is 38.5 Å². The van der Waals surface area contributed by atoms with Crippen molar-refractivity contribution in [3.63, 3.8) is 0 Å². The first-order chi connectivity index (χ1) is 8.79. The van der Waals surface area contributed by atoms with Crippen molar-refractivity contribution in [2.45, 2.75) is 69.4 Å². The lowest BCUT2D eigenvalue weighted by molar-refractivity contribution is -0.138. The molecule has 1 saturated carbocycles. The first-order valence-electron chi connectivity index (χ1n) is 7.70. The predicted molar refractivity (Wildman–Crippen MR) is 70.5 cm³/mol. The van der Waals surface area contributed by atoms with Crippen LogP contribution in [0.5, 0.6) is 0 Å². The number of piperidine rings is 1. The molecule has 2 heterocycles. The summed E-state index contributed by atoms with van der Waals surface area (Å²) in [5.41, 5.74) is 0.0766. The molecule has 18 heavy (non-hydrogen) atoms. The van der Waals surface area contributed by atoms with Crippen LogP contribution in [0.15, 0.2) is 0 Å². The van der Waals surface area contributed by atoms with Crippen molar-refractivity contribution in [2.75, 3.05) is 13.2 Å². The normalized spacial score (nSPS) is 35.8. The van der Waals surface area contributed by atoms with Gasteiger partial charge in [0.2, 0.25) is 0 Å². The molecule has 2 unspecified atom stereocenters. The summed E-state index contributed by atoms with van der Waals surface area (Å²) in [7, 11) is 0. The van der Waals surface area contributed by atoms with Gasteiger partial charge in [-0.25, -0.2) is 0 Å². The van der Waals surface area contributed by atoms with E-state index in [-0.39, 0.29) is 17.6 Å². The van der Waals surface area contributed by atoms with Crippen molar-refractivity contribution in [1.29, 1.82) is 0 Å². The van der Waals surface area contributed by atoms with Gasteiger partial charge in [-0.05, 0) is 45.1 Å². The maximum Gasteiger partial charge on any atom is 0.153 e. The Morgan fingerprint density at radius 1 is 1.11 bits per heavy atom. The molecule has 0 amide bonds. The first-order valence-corrected chi connectivity index (χ1v) is 7.70. The lowest BCUT2D eigenvalue weighted by atomic mass is 9.79. The SMILES string of the molecule is O=C(C1CCOC2(CCCC2)C1)C1CCCCN1. The Bertz CT molecular complexity index is 304. The number of Topliss-reactive ketones (excluding diaryl/α,β-unsaturated/α-hetero) is 1. The van der Waals surface area contributed by atoms with E-state index in [4.69, 9.17) is 4.74 Å². The van der Waals surface area contributed by atoms with Crippen LogP contribution in [0, 0.1) is 5.92 Å². The summed E-state index contributed by atoms with van der Waals surface area (Å²) in [4.78, 5) is 12.6. The van der Waals surface area contributed by atoms with E-state index in [1.807, 2.05) is 0 Å². The Kier molecular flexibility index (Phi) is 3.71. The van der Waals surface area contributed by atoms with E-state index in [0.717, 1.165) is 32.4 Å². The number of rotatable bonds is 2. The second-order valence-electron chi connectivity index (χ2n) is 6.33. The van der Waals surface area contributed by atoms with E-state index >= 15 is 0 Å². The van der Waals surface area contributed by atoms with Crippen LogP contribution in [-0.4, -0.2) is 30.6 Å². The number of hydrogen-bond acceptors (Lipinski definition) is 3. The van der Waals surface area contributed by atoms with Gasteiger partial charge >= 0.3 is 0 Å². The molecular formula is C15H25NO2. The number of ether oxygens (including phenoxy) is 1. The summed E-state index contributed by atoms with van der Waals surface area (Å²) in [6, 6.07) is 0.139. The fourth-order valence-corrected chi connectivity index (χ4v) is 4.02. The number of hydrogen-bond donors (Lipinski definition) is 1. The fraction of sp³-hybridized carbons (Fsp3) is 0.933. The van der Waals surface area contributed by atoms with Gasteiger partial charge in [-0.3, -0.25) is 4.79 Å². The van der Waals surface area contributed by atoms with Crippen molar-refractivity contribution in [1.82, 2.24) is 5.32 Å². The molecule has 3 heteroatoms. The summed E-state index contributed by atoms with van der Waals surface area (Å²) in [5, 5.41) is 3.40. The van der Waals surface area contributed by atoms with E-state index in [0.29, 0.717) is 5.78 Å². The Morgan fingerprint density at radius 2 is 1.94 bits per heavy atom. The smallest absolute Gasteiger partial charge is 0.153 e. The van der Waals surface area contributed by atoms with Crippen LogP contribution in [-0.2, 0) is 9.53 Å². The Hall–Kier alpha value is -0.410. The molecule has 3 aliphatic rings. The molecular weight excluding hydrogens is 226 g/mol. The molecule has 1 N–H and O–H groups in total. The van der Waals surface area contributed by atoms with Crippen LogP contribution >= 0.6 is 0 Å². The molecule has 102 valence electrons. The van der Waals surface area contributed by atoms with Crippen LogP contribution in [0.25, 0.3) is 0 Å². The van der Waals surface area contributed by atoms with Crippen LogP contribution in [0.3, 0.4) is 0 Å². The summed E-state index contributed by atoms with van der Waals surface area (Å²) in [6.07, 6.45) is 10.3. The molecule has 3 fully saturated rings. The van der Waals surface area contributed by atoms with Crippen LogP contribution < -0.4 is 5.32 Å². The highest BCUT2D eigenvalue weighted by Gasteiger charge is 2.43. The zero-order valence-electron chi connectivity index (χ0n) is 11.2. The topological polar surface area (TPSA) is 38.3 Å². The molecule has 0 aromatic carbocycles. The third-order valence-corrected chi connectivity index (χ3v) is 5.06. The minimum atomic E-state index is 0.0766. The third-order valence-electron chi connectivity index (χ3n) is 5.06. The van der Waals surface area contributed by atoms with Gasteiger partial charge in [-0.15, -0.1) is 0 Å². The number of carbonyl (C=O) groups is 1. The van der Waals surface area contributed by atoms with E-state index < -0.39 is 0 Å². The van der Waals surface area contributed by atoms with Gasteiger partial charge < -0.3 is 10.1 Å². The minimum Gasteiger partial charge on any atom is -0.375 e. The van der Waals surface area contributed by atoms with Gasteiger partial charge in [-0.1, -0.05) is 19.3 Å². The highest BCUT2D eigenvalue weighted by atomic mass is 16.5. The van der Waals surface area contributed by atoms with Crippen molar-refractivity contribution in [3.05, 3.63) is 0 Å². The van der Waals surface area contributed by atoms with Crippen molar-refractivity contribution in [2.24, 2.45) is 5.92 Å². The summed E-state index contributed by atoms with van der Waals surface area (Å²) >= 11 is 0. The maximum absolute atomic E-state index is 12.6. The minimum absolute atomic E-state index is 0.0766. The molecule has 1 spiro atoms. The van der Waals surface area contributed by atoms with Gasteiger partial charge in [-0.2, -0.15) is 0 Å². The molecule has 0 aromatic heterocycles. The van der Waals surface area contributed by atoms with Crippen LogP contribution in [0.2, 0.25) is 0 Å². The Labute approximate surface area is 110 Å². The van der Waals surface area contributed by atoms with E-state index in [1.54, 1.807) is 0 Å². The monoisotopic (exact) mass is 251 g/mol. The third kappa shape index (κ3) is 2.48. The Morgan fingerprint density at radius 3 is 2.67 bits per heavy atom. The van der Waals surface area contributed by atoms with Crippen LogP contribution in [0.4, 0.5) is 0 Å². The first kappa shape index (κ1) is 12.6. The van der Waals surface area contributed by atoms with Crippen molar-refractivity contribution < 1.29 is 9.53 Å². The predicted octanol–water partition coefficient (Wildman–Crippen LogP) is 2.44. The van der Waals surface area contributed by atoms with Gasteiger partial charge in [0.05, 0.1) is 11.6 Å². The van der Waals surface area contributed by atoms with Gasteiger partial charge in [0, 0.05) is 12.5 Å². The van der Waals surface area contributed by atoms with Gasteiger partial charge in [0.25, 0.3) is 0 Å². The molecule has 2 aliphatic heterocycles. The van der Waals surface area contributed by atoms with Gasteiger partial charge in [0.15, 0.2) is 5.78 Å². The zero-order chi connectivity index (χ0) is 12.4. The molecule has 2 saturated heterocycles. The second kappa shape index (κ2) is 5.30. The van der Waals surface area contributed by atoms with Crippen molar-refractivity contribution in [3.8, 4) is 0 Å².